The van der Waals surface area contributed by atoms with Crippen LogP contribution in [0.15, 0.2) is 25.7 Å². The second-order valence-electron chi connectivity index (χ2n) is 5.90. The van der Waals surface area contributed by atoms with Gasteiger partial charge in [-0.1, -0.05) is 10.3 Å². The zero-order chi connectivity index (χ0) is 14.4. The predicted octanol–water partition coefficient (Wildman–Crippen LogP) is 3.76. The Hall–Kier alpha value is -1.69. The van der Waals surface area contributed by atoms with E-state index >= 15 is 0 Å². The van der Waals surface area contributed by atoms with Crippen molar-refractivity contribution in [3.8, 4) is 0 Å². The lowest BCUT2D eigenvalue weighted by Crippen LogP contribution is -2.30. The lowest BCUT2D eigenvalue weighted by atomic mass is 9.88. The van der Waals surface area contributed by atoms with Crippen molar-refractivity contribution in [2.24, 2.45) is 31.5 Å². The smallest absolute Gasteiger partial charge is 0.154 e. The quantitative estimate of drug-likeness (QED) is 0.250. The van der Waals surface area contributed by atoms with Crippen LogP contribution in [0, 0.1) is 0 Å². The Morgan fingerprint density at radius 3 is 1.89 bits per heavy atom. The van der Waals surface area contributed by atoms with E-state index in [0.717, 1.165) is 0 Å². The maximum atomic E-state index is 8.40. The number of hydrogen-bond donors (Lipinski definition) is 1. The molecule has 0 saturated carbocycles. The van der Waals surface area contributed by atoms with Crippen LogP contribution in [-0.4, -0.2) is 16.7 Å². The molecule has 0 atom stereocenters. The van der Waals surface area contributed by atoms with E-state index in [2.05, 4.69) is 30.6 Å². The molecule has 0 radical (unpaired) electrons. The summed E-state index contributed by atoms with van der Waals surface area (Å²) in [7, 11) is 0. The number of hydrogen-bond acceptors (Lipinski definition) is 5. The van der Waals surface area contributed by atoms with Gasteiger partial charge in [0.25, 0.3) is 0 Å². The largest absolute Gasteiger partial charge is 0.305 e. The van der Waals surface area contributed by atoms with Crippen LogP contribution in [0.25, 0.3) is 10.4 Å². The fourth-order valence-corrected chi connectivity index (χ4v) is 1.67. The Morgan fingerprint density at radius 1 is 0.944 bits per heavy atom. The molecule has 8 heteroatoms. The van der Waals surface area contributed by atoms with Crippen LogP contribution in [0.5, 0.6) is 0 Å². The third-order valence-electron chi connectivity index (χ3n) is 2.05. The highest BCUT2D eigenvalue weighted by Crippen LogP contribution is 2.28. The zero-order valence-electron chi connectivity index (χ0n) is 11.9. The topological polar surface area (TPSA) is 124 Å². The van der Waals surface area contributed by atoms with Crippen LogP contribution < -0.4 is 5.84 Å². The maximum absolute atomic E-state index is 8.40. The number of azide groups is 1. The Balaban J connectivity index is 4.86. The fourth-order valence-electron chi connectivity index (χ4n) is 1.67. The molecule has 0 unspecified atom stereocenters. The van der Waals surface area contributed by atoms with Gasteiger partial charge < -0.3 is 5.84 Å². The molecule has 0 saturated heterocycles. The first-order valence-corrected chi connectivity index (χ1v) is 5.66. The molecule has 0 fully saturated rings. The summed E-state index contributed by atoms with van der Waals surface area (Å²) in [6, 6.07) is 0. The molecule has 0 aromatic rings. The van der Waals surface area contributed by atoms with Gasteiger partial charge in [-0.2, -0.15) is 15.3 Å². The van der Waals surface area contributed by atoms with Crippen molar-refractivity contribution < 1.29 is 0 Å². The van der Waals surface area contributed by atoms with Crippen LogP contribution >= 0.6 is 0 Å². The molecular formula is C10H22N8. The van der Waals surface area contributed by atoms with Gasteiger partial charge >= 0.3 is 0 Å². The van der Waals surface area contributed by atoms with Gasteiger partial charge in [-0.25, -0.2) is 0 Å². The number of nitrogens with two attached hydrogens (primary N) is 1. The lowest BCUT2D eigenvalue weighted by Gasteiger charge is -2.27. The van der Waals surface area contributed by atoms with Gasteiger partial charge in [0.15, 0.2) is 5.66 Å². The summed E-state index contributed by atoms with van der Waals surface area (Å²) in [6.45, 7) is 11.1. The summed E-state index contributed by atoms with van der Waals surface area (Å²) < 4.78 is 0. The van der Waals surface area contributed by atoms with Gasteiger partial charge in [0.2, 0.25) is 0 Å². The van der Waals surface area contributed by atoms with E-state index in [0.29, 0.717) is 6.42 Å². The lowest BCUT2D eigenvalue weighted by molar-refractivity contribution is 0.320. The number of azo groups is 1. The third-order valence-corrected chi connectivity index (χ3v) is 2.05. The van der Waals surface area contributed by atoms with E-state index in [1.807, 2.05) is 27.7 Å². The fraction of sp³-hybridized carbons (Fsp3) is 1.00. The molecule has 0 bridgehead atoms. The van der Waals surface area contributed by atoms with E-state index in [4.69, 9.17) is 11.4 Å². The van der Waals surface area contributed by atoms with Crippen molar-refractivity contribution in [3.05, 3.63) is 10.4 Å². The van der Waals surface area contributed by atoms with Gasteiger partial charge in [0.1, 0.15) is 0 Å². The van der Waals surface area contributed by atoms with E-state index in [1.165, 1.54) is 0 Å². The molecular weight excluding hydrogens is 232 g/mol. The normalized spacial score (nSPS) is 14.1. The molecule has 0 aliphatic rings. The molecule has 0 spiro atoms. The Bertz CT molecular complexity index is 373. The molecule has 8 nitrogen and oxygen atoms in total. The van der Waals surface area contributed by atoms with Crippen molar-refractivity contribution >= 4 is 0 Å². The van der Waals surface area contributed by atoms with E-state index < -0.39 is 16.7 Å². The Labute approximate surface area is 107 Å². The third kappa shape index (κ3) is 6.80. The summed E-state index contributed by atoms with van der Waals surface area (Å²) >= 11 is 0. The molecule has 0 rings (SSSR count). The summed E-state index contributed by atoms with van der Waals surface area (Å²) in [4.78, 5) is 2.73. The highest BCUT2D eigenvalue weighted by molar-refractivity contribution is 4.89. The van der Waals surface area contributed by atoms with Gasteiger partial charge in [0, 0.05) is 11.3 Å². The summed E-state index contributed by atoms with van der Waals surface area (Å²) in [5.41, 5.74) is 6.66. The molecule has 0 aliphatic carbocycles. The molecule has 18 heavy (non-hydrogen) atoms. The highest BCUT2D eigenvalue weighted by Gasteiger charge is 2.29. The molecule has 0 aromatic heterocycles. The van der Waals surface area contributed by atoms with Gasteiger partial charge in [-0.3, -0.25) is 0 Å². The first-order chi connectivity index (χ1) is 8.04. The van der Waals surface area contributed by atoms with Crippen molar-refractivity contribution in [2.45, 2.75) is 64.7 Å². The van der Waals surface area contributed by atoms with Gasteiger partial charge in [-0.15, -0.1) is 0 Å². The van der Waals surface area contributed by atoms with E-state index in [-0.39, 0.29) is 0 Å². The highest BCUT2D eigenvalue weighted by atomic mass is 15.3. The average Bonchev–Trinajstić information content (AvgIpc) is 2.13. The molecule has 102 valence electrons. The van der Waals surface area contributed by atoms with E-state index in [9.17, 15) is 0 Å². The molecule has 0 heterocycles. The molecule has 0 aromatic carbocycles. The van der Waals surface area contributed by atoms with Crippen LogP contribution in [0.4, 0.5) is 0 Å². The number of nitrogens with zero attached hydrogens (tertiary/aromatic N) is 7. The molecule has 0 amide bonds. The summed E-state index contributed by atoms with van der Waals surface area (Å²) in [5.74, 6) is 5.07. The second-order valence-corrected chi connectivity index (χ2v) is 5.90. The van der Waals surface area contributed by atoms with Crippen molar-refractivity contribution in [2.75, 3.05) is 0 Å². The molecule has 0 aliphatic heterocycles. The van der Waals surface area contributed by atoms with Gasteiger partial charge in [-0.05, 0) is 47.1 Å². The van der Waals surface area contributed by atoms with Crippen LogP contribution in [0.2, 0.25) is 0 Å². The zero-order valence-corrected chi connectivity index (χ0v) is 11.9. The minimum atomic E-state index is -0.883. The SMILES string of the molecule is CC(C)(CC(C)(C)N=NC(C)(C)N=[N+]=[N-])N=NN. The van der Waals surface area contributed by atoms with Crippen LogP contribution in [-0.2, 0) is 0 Å². The average molecular weight is 254 g/mol. The van der Waals surface area contributed by atoms with Crippen molar-refractivity contribution in [3.63, 3.8) is 0 Å². The van der Waals surface area contributed by atoms with Gasteiger partial charge in [0.05, 0.1) is 11.1 Å². The van der Waals surface area contributed by atoms with Crippen LogP contribution in [0.3, 0.4) is 0 Å². The first-order valence-electron chi connectivity index (χ1n) is 5.66. The van der Waals surface area contributed by atoms with E-state index in [1.54, 1.807) is 13.8 Å². The monoisotopic (exact) mass is 254 g/mol. The number of rotatable bonds is 6. The van der Waals surface area contributed by atoms with Crippen LogP contribution in [0.1, 0.15) is 48.0 Å². The Morgan fingerprint density at radius 2 is 1.44 bits per heavy atom. The minimum absolute atomic E-state index is 0.417. The Kier molecular flexibility index (Phi) is 5.23. The minimum Gasteiger partial charge on any atom is -0.305 e. The maximum Gasteiger partial charge on any atom is 0.154 e. The summed E-state index contributed by atoms with van der Waals surface area (Å²) in [5, 5.41) is 19.1. The second kappa shape index (κ2) is 5.77. The first kappa shape index (κ1) is 16.3. The molecule has 2 N–H and O–H groups in total. The summed E-state index contributed by atoms with van der Waals surface area (Å²) in [6.07, 6.45) is 0.622. The van der Waals surface area contributed by atoms with Crippen molar-refractivity contribution in [1.82, 2.24) is 0 Å². The van der Waals surface area contributed by atoms with Crippen molar-refractivity contribution in [1.29, 1.82) is 0 Å². The predicted molar refractivity (Wildman–Crippen MR) is 69.9 cm³/mol. The standard InChI is InChI=1S/C10H22N8/c1-8(2,7-9(3,4)14-17-11)13-15-10(5,6)16-18-12/h7H2,1-6H3,(H2,11,14).